The van der Waals surface area contributed by atoms with E-state index in [1.165, 1.54) is 0 Å². The maximum atomic E-state index is 13.1. The molecule has 4 atom stereocenters. The van der Waals surface area contributed by atoms with E-state index in [-0.39, 0.29) is 17.6 Å². The lowest BCUT2D eigenvalue weighted by Crippen LogP contribution is -2.67. The highest BCUT2D eigenvalue weighted by molar-refractivity contribution is 5.78. The van der Waals surface area contributed by atoms with Crippen molar-refractivity contribution in [2.24, 2.45) is 17.3 Å². The van der Waals surface area contributed by atoms with E-state index in [1.54, 1.807) is 0 Å². The molecule has 3 fully saturated rings. The quantitative estimate of drug-likeness (QED) is 0.760. The predicted octanol–water partition coefficient (Wildman–Crippen LogP) is 1.87. The molecular weight excluding hydrogens is 369 g/mol. The lowest BCUT2D eigenvalue weighted by molar-refractivity contribution is -0.188. The van der Waals surface area contributed by atoms with Crippen LogP contribution in [0.4, 0.5) is 18.0 Å². The van der Waals surface area contributed by atoms with Crippen LogP contribution in [0.15, 0.2) is 0 Å². The third kappa shape index (κ3) is 3.73. The Bertz CT molecular complexity index is 579. The number of likely N-dealkylation sites (tertiary alicyclic amines) is 1. The van der Waals surface area contributed by atoms with Crippen LogP contribution in [-0.2, 0) is 14.3 Å². The monoisotopic (exact) mass is 394 g/mol. The molecule has 3 rings (SSSR count). The molecule has 7 nitrogen and oxygen atoms in total. The van der Waals surface area contributed by atoms with Crippen molar-refractivity contribution in [2.75, 3.05) is 32.9 Å². The van der Waals surface area contributed by atoms with Gasteiger partial charge in [0.15, 0.2) is 0 Å². The van der Waals surface area contributed by atoms with Crippen LogP contribution in [0.3, 0.4) is 0 Å². The van der Waals surface area contributed by atoms with Gasteiger partial charge in [-0.2, -0.15) is 13.2 Å². The van der Waals surface area contributed by atoms with Gasteiger partial charge in [-0.15, -0.1) is 0 Å². The maximum absolute atomic E-state index is 13.1. The zero-order valence-electron chi connectivity index (χ0n) is 15.1. The molecule has 10 heteroatoms. The molecule has 0 aromatic carbocycles. The topological polar surface area (TPSA) is 88.1 Å². The molecule has 0 aromatic heterocycles. The predicted molar refractivity (Wildman–Crippen MR) is 87.1 cm³/mol. The van der Waals surface area contributed by atoms with E-state index >= 15 is 0 Å². The van der Waals surface area contributed by atoms with Gasteiger partial charge in [0.2, 0.25) is 0 Å². The van der Waals surface area contributed by atoms with Gasteiger partial charge in [0.1, 0.15) is 0 Å². The van der Waals surface area contributed by atoms with E-state index in [2.05, 4.69) is 5.32 Å². The van der Waals surface area contributed by atoms with Gasteiger partial charge < -0.3 is 24.8 Å². The summed E-state index contributed by atoms with van der Waals surface area (Å²) < 4.78 is 50.5. The number of urea groups is 1. The van der Waals surface area contributed by atoms with Crippen molar-refractivity contribution in [1.82, 2.24) is 10.2 Å². The van der Waals surface area contributed by atoms with E-state index in [0.29, 0.717) is 39.1 Å². The first-order chi connectivity index (χ1) is 12.7. The average Bonchev–Trinajstić information content (AvgIpc) is 3.08. The zero-order valence-corrected chi connectivity index (χ0v) is 15.1. The number of carboxylic acid groups (broad SMARTS) is 1. The summed E-state index contributed by atoms with van der Waals surface area (Å²) in [6.45, 7) is 2.47. The Morgan fingerprint density at radius 3 is 2.48 bits per heavy atom. The van der Waals surface area contributed by atoms with Crippen molar-refractivity contribution in [3.8, 4) is 0 Å². The maximum Gasteiger partial charge on any atom is 0.394 e. The van der Waals surface area contributed by atoms with Crippen LogP contribution in [0.2, 0.25) is 0 Å². The number of carbonyl (C=O) groups is 2. The van der Waals surface area contributed by atoms with E-state index in [1.807, 2.05) is 6.92 Å². The molecule has 1 aliphatic carbocycles. The highest BCUT2D eigenvalue weighted by atomic mass is 19.4. The summed E-state index contributed by atoms with van der Waals surface area (Å²) in [5, 5.41) is 11.9. The standard InChI is InChI=1S/C17H25F3N2O5/c1-2-27-13-7-12(16(13)3-5-26-6-4-16)21-15(25)22-8-10(14(23)24)11(9-22)17(18,19)20/h10-13H,2-9H2,1H3,(H,21,25)(H,23,24)/t10-,11-,12?,13?/m1/s1. The largest absolute Gasteiger partial charge is 0.481 e. The van der Waals surface area contributed by atoms with Crippen LogP contribution in [0.5, 0.6) is 0 Å². The van der Waals surface area contributed by atoms with Gasteiger partial charge in [0, 0.05) is 44.4 Å². The molecule has 2 unspecified atom stereocenters. The smallest absolute Gasteiger partial charge is 0.394 e. The van der Waals surface area contributed by atoms with Crippen LogP contribution < -0.4 is 5.32 Å². The Morgan fingerprint density at radius 1 is 1.30 bits per heavy atom. The first-order valence-electron chi connectivity index (χ1n) is 9.23. The van der Waals surface area contributed by atoms with Gasteiger partial charge in [-0.25, -0.2) is 4.79 Å². The van der Waals surface area contributed by atoms with Crippen LogP contribution in [0, 0.1) is 17.3 Å². The molecule has 2 heterocycles. The Kier molecular flexibility index (Phi) is 5.58. The number of alkyl halides is 3. The summed E-state index contributed by atoms with van der Waals surface area (Å²) in [7, 11) is 0. The van der Waals surface area contributed by atoms with Gasteiger partial charge in [-0.05, 0) is 26.2 Å². The Hall–Kier alpha value is -1.55. The summed E-state index contributed by atoms with van der Waals surface area (Å²) in [6.07, 6.45) is -2.64. The number of ether oxygens (including phenoxy) is 2. The Balaban J connectivity index is 1.66. The molecule has 154 valence electrons. The Labute approximate surface area is 155 Å². The molecule has 0 radical (unpaired) electrons. The van der Waals surface area contributed by atoms with Gasteiger partial charge in [0.05, 0.1) is 17.9 Å². The second-order valence-electron chi connectivity index (χ2n) is 7.53. The van der Waals surface area contributed by atoms with Crippen LogP contribution in [0.1, 0.15) is 26.2 Å². The zero-order chi connectivity index (χ0) is 19.8. The molecule has 1 spiro atoms. The summed E-state index contributed by atoms with van der Waals surface area (Å²) in [5.74, 6) is -5.21. The normalized spacial score (nSPS) is 33.0. The van der Waals surface area contributed by atoms with E-state index < -0.39 is 43.1 Å². The number of amides is 2. The molecule has 0 aromatic rings. The van der Waals surface area contributed by atoms with Crippen LogP contribution >= 0.6 is 0 Å². The first-order valence-corrected chi connectivity index (χ1v) is 9.23. The summed E-state index contributed by atoms with van der Waals surface area (Å²) in [4.78, 5) is 24.7. The lowest BCUT2D eigenvalue weighted by Gasteiger charge is -2.57. The van der Waals surface area contributed by atoms with Crippen molar-refractivity contribution in [3.05, 3.63) is 0 Å². The highest BCUT2D eigenvalue weighted by Gasteiger charge is 2.58. The van der Waals surface area contributed by atoms with Crippen molar-refractivity contribution >= 4 is 12.0 Å². The number of rotatable bonds is 4. The molecule has 3 aliphatic rings. The SMILES string of the molecule is CCOC1CC(NC(=O)N2C[C@@H](C(F)(F)F)[C@H](C(=O)O)C2)C12CCOCC2. The molecule has 27 heavy (non-hydrogen) atoms. The van der Waals surface area contributed by atoms with Gasteiger partial charge >= 0.3 is 18.2 Å². The number of nitrogens with zero attached hydrogens (tertiary/aromatic N) is 1. The average molecular weight is 394 g/mol. The van der Waals surface area contributed by atoms with Crippen LogP contribution in [-0.4, -0.2) is 73.2 Å². The second-order valence-corrected chi connectivity index (χ2v) is 7.53. The fraction of sp³-hybridized carbons (Fsp3) is 0.882. The molecular formula is C17H25F3N2O5. The molecule has 1 saturated carbocycles. The third-order valence-corrected chi connectivity index (χ3v) is 6.22. The first kappa shape index (κ1) is 20.2. The third-order valence-electron chi connectivity index (χ3n) is 6.22. The summed E-state index contributed by atoms with van der Waals surface area (Å²) in [6, 6.07) is -0.850. The minimum absolute atomic E-state index is 0.00929. The van der Waals surface area contributed by atoms with Gasteiger partial charge in [-0.3, -0.25) is 4.79 Å². The van der Waals surface area contributed by atoms with Crippen molar-refractivity contribution in [1.29, 1.82) is 0 Å². The molecule has 2 saturated heterocycles. The number of hydrogen-bond donors (Lipinski definition) is 2. The fourth-order valence-electron chi connectivity index (χ4n) is 4.60. The van der Waals surface area contributed by atoms with Crippen molar-refractivity contribution in [3.63, 3.8) is 0 Å². The molecule has 2 amide bonds. The number of carboxylic acids is 1. The molecule has 0 bridgehead atoms. The summed E-state index contributed by atoms with van der Waals surface area (Å²) >= 11 is 0. The van der Waals surface area contributed by atoms with E-state index in [4.69, 9.17) is 14.6 Å². The van der Waals surface area contributed by atoms with Crippen molar-refractivity contribution < 1.29 is 37.3 Å². The number of nitrogens with one attached hydrogen (secondary N) is 1. The summed E-state index contributed by atoms with van der Waals surface area (Å²) in [5.41, 5.74) is -0.265. The Morgan fingerprint density at radius 2 is 1.96 bits per heavy atom. The van der Waals surface area contributed by atoms with Crippen LogP contribution in [0.25, 0.3) is 0 Å². The highest BCUT2D eigenvalue weighted by Crippen LogP contribution is 2.50. The molecule has 2 aliphatic heterocycles. The van der Waals surface area contributed by atoms with E-state index in [9.17, 15) is 22.8 Å². The number of hydrogen-bond acceptors (Lipinski definition) is 4. The van der Waals surface area contributed by atoms with Crippen molar-refractivity contribution in [2.45, 2.75) is 44.5 Å². The minimum Gasteiger partial charge on any atom is -0.481 e. The van der Waals surface area contributed by atoms with Gasteiger partial charge in [0.25, 0.3) is 0 Å². The number of aliphatic carboxylic acids is 1. The minimum atomic E-state index is -4.66. The second kappa shape index (κ2) is 7.46. The fourth-order valence-corrected chi connectivity index (χ4v) is 4.60. The van der Waals surface area contributed by atoms with E-state index in [0.717, 1.165) is 4.90 Å². The number of carbonyl (C=O) groups excluding carboxylic acids is 1. The lowest BCUT2D eigenvalue weighted by atomic mass is 9.57. The molecule has 2 N–H and O–H groups in total. The number of halogens is 3. The van der Waals surface area contributed by atoms with Gasteiger partial charge in [-0.1, -0.05) is 0 Å².